The summed E-state index contributed by atoms with van der Waals surface area (Å²) in [5.41, 5.74) is 4.83. The molecule has 0 radical (unpaired) electrons. The van der Waals surface area contributed by atoms with E-state index in [9.17, 15) is 4.79 Å². The Balaban J connectivity index is 1.92. The Kier molecular flexibility index (Phi) is 6.89. The number of nitrogens with zero attached hydrogens (tertiary/aromatic N) is 3. The summed E-state index contributed by atoms with van der Waals surface area (Å²) in [6.45, 7) is 10.2. The second-order valence-electron chi connectivity index (χ2n) is 7.33. The van der Waals surface area contributed by atoms with Crippen LogP contribution in [0.25, 0.3) is 0 Å². The molecule has 1 aliphatic carbocycles. The van der Waals surface area contributed by atoms with Gasteiger partial charge < -0.3 is 4.99 Å². The molecule has 0 saturated heterocycles. The number of fused-ring (bicyclic) bond motifs is 1. The van der Waals surface area contributed by atoms with Gasteiger partial charge in [0.1, 0.15) is 5.25 Å². The Morgan fingerprint density at radius 3 is 2.93 bits per heavy atom. The molecule has 0 fully saturated rings. The topological polar surface area (TPSA) is 45.0 Å². The number of hydrogen-bond acceptors (Lipinski definition) is 4. The summed E-state index contributed by atoms with van der Waals surface area (Å²) < 4.78 is 0. The third-order valence-corrected chi connectivity index (χ3v) is 6.77. The fraction of sp³-hybridized carbons (Fsp3) is 0.435. The molecule has 0 saturated carbocycles. The van der Waals surface area contributed by atoms with Crippen molar-refractivity contribution in [1.82, 2.24) is 4.90 Å². The van der Waals surface area contributed by atoms with Gasteiger partial charge in [0.05, 0.1) is 18.4 Å². The van der Waals surface area contributed by atoms with Crippen molar-refractivity contribution >= 4 is 30.7 Å². The maximum absolute atomic E-state index is 13.4. The summed E-state index contributed by atoms with van der Waals surface area (Å²) >= 11 is 1.58. The molecule has 1 aromatic rings. The third-order valence-electron chi connectivity index (χ3n) is 5.80. The molecule has 3 unspecified atom stereocenters. The number of rotatable bonds is 7. The highest BCUT2D eigenvalue weighted by molar-refractivity contribution is 8.00. The van der Waals surface area contributed by atoms with Crippen molar-refractivity contribution < 1.29 is 4.79 Å². The van der Waals surface area contributed by atoms with Gasteiger partial charge in [-0.05, 0) is 67.9 Å². The molecule has 1 aliphatic heterocycles. The number of aliphatic imine (C=N–C) groups is 2. The smallest absolute Gasteiger partial charge is 0.243 e. The van der Waals surface area contributed by atoms with Crippen LogP contribution in [0.3, 0.4) is 0 Å². The number of aryl methyl sites for hydroxylation is 1. The lowest BCUT2D eigenvalue weighted by Gasteiger charge is -2.39. The van der Waals surface area contributed by atoms with Crippen molar-refractivity contribution in [3.63, 3.8) is 0 Å². The first-order valence-electron chi connectivity index (χ1n) is 9.83. The molecule has 5 heteroatoms. The molecule has 28 heavy (non-hydrogen) atoms. The first kappa shape index (κ1) is 20.6. The average molecular weight is 396 g/mol. The summed E-state index contributed by atoms with van der Waals surface area (Å²) in [5, 5.41) is -0.217. The molecule has 3 atom stereocenters. The number of benzene rings is 1. The largest absolute Gasteiger partial charge is 0.301 e. The van der Waals surface area contributed by atoms with Gasteiger partial charge in [-0.25, -0.2) is 0 Å². The van der Waals surface area contributed by atoms with Gasteiger partial charge in [0, 0.05) is 6.54 Å². The van der Waals surface area contributed by atoms with Crippen LogP contribution in [0.15, 0.2) is 58.1 Å². The quantitative estimate of drug-likeness (QED) is 0.499. The Morgan fingerprint density at radius 2 is 2.21 bits per heavy atom. The SMILES string of the molecule is C=C/C(CCN=C)=C(/C)C1N=CN(C2CCCc3ccccc32)C(=O)C1SC. The molecule has 0 spiro atoms. The predicted octanol–water partition coefficient (Wildman–Crippen LogP) is 4.63. The van der Waals surface area contributed by atoms with Crippen LogP contribution in [0, 0.1) is 0 Å². The van der Waals surface area contributed by atoms with Gasteiger partial charge in [0.25, 0.3) is 0 Å². The second kappa shape index (κ2) is 9.37. The molecule has 3 rings (SSSR count). The molecule has 0 N–H and O–H groups in total. The molecule has 0 bridgehead atoms. The zero-order valence-corrected chi connectivity index (χ0v) is 17.6. The lowest BCUT2D eigenvalue weighted by Crippen LogP contribution is -2.48. The molecule has 1 heterocycles. The zero-order valence-electron chi connectivity index (χ0n) is 16.8. The van der Waals surface area contributed by atoms with E-state index in [1.165, 1.54) is 11.1 Å². The van der Waals surface area contributed by atoms with Gasteiger partial charge in [0.2, 0.25) is 5.91 Å². The van der Waals surface area contributed by atoms with E-state index in [2.05, 4.69) is 49.5 Å². The molecule has 2 aliphatic rings. The normalized spacial score (nSPS) is 25.1. The second-order valence-corrected chi connectivity index (χ2v) is 8.31. The Labute approximate surface area is 172 Å². The number of hydrogen-bond donors (Lipinski definition) is 0. The summed E-state index contributed by atoms with van der Waals surface area (Å²) in [6, 6.07) is 8.41. The van der Waals surface area contributed by atoms with E-state index in [1.54, 1.807) is 18.1 Å². The molecule has 148 valence electrons. The third kappa shape index (κ3) is 4.00. The van der Waals surface area contributed by atoms with E-state index in [0.29, 0.717) is 6.54 Å². The van der Waals surface area contributed by atoms with Crippen LogP contribution < -0.4 is 0 Å². The van der Waals surface area contributed by atoms with Crippen molar-refractivity contribution in [3.05, 3.63) is 59.2 Å². The van der Waals surface area contributed by atoms with Gasteiger partial charge >= 0.3 is 0 Å². The van der Waals surface area contributed by atoms with Crippen LogP contribution in [0.4, 0.5) is 0 Å². The zero-order chi connectivity index (χ0) is 20.1. The van der Waals surface area contributed by atoms with Crippen LogP contribution in [0.1, 0.15) is 43.4 Å². The molecule has 1 aromatic carbocycles. The molecule has 1 amide bonds. The highest BCUT2D eigenvalue weighted by atomic mass is 32.2. The minimum Gasteiger partial charge on any atom is -0.301 e. The highest BCUT2D eigenvalue weighted by Gasteiger charge is 2.39. The summed E-state index contributed by atoms with van der Waals surface area (Å²) in [5.74, 6) is 0.152. The lowest BCUT2D eigenvalue weighted by atomic mass is 9.86. The molecular weight excluding hydrogens is 366 g/mol. The minimum atomic E-state index is -0.217. The first-order valence-corrected chi connectivity index (χ1v) is 11.1. The maximum Gasteiger partial charge on any atom is 0.243 e. The number of carbonyl (C=O) groups is 1. The van der Waals surface area contributed by atoms with Gasteiger partial charge in [-0.15, -0.1) is 11.8 Å². The Bertz CT molecular complexity index is 814. The van der Waals surface area contributed by atoms with Crippen molar-refractivity contribution in [2.24, 2.45) is 9.98 Å². The van der Waals surface area contributed by atoms with E-state index in [-0.39, 0.29) is 23.2 Å². The minimum absolute atomic E-state index is 0.0879. The van der Waals surface area contributed by atoms with Gasteiger partial charge in [-0.2, -0.15) is 0 Å². The highest BCUT2D eigenvalue weighted by Crippen LogP contribution is 2.37. The van der Waals surface area contributed by atoms with Crippen molar-refractivity contribution in [2.45, 2.75) is 49.9 Å². The van der Waals surface area contributed by atoms with Gasteiger partial charge in [-0.1, -0.05) is 36.9 Å². The van der Waals surface area contributed by atoms with Crippen LogP contribution in [0.5, 0.6) is 0 Å². The monoisotopic (exact) mass is 395 g/mol. The number of carbonyl (C=O) groups excluding carboxylic acids is 1. The van der Waals surface area contributed by atoms with Crippen LogP contribution in [-0.2, 0) is 11.2 Å². The van der Waals surface area contributed by atoms with E-state index in [4.69, 9.17) is 4.99 Å². The summed E-state index contributed by atoms with van der Waals surface area (Å²) in [7, 11) is 0. The molecule has 4 nitrogen and oxygen atoms in total. The van der Waals surface area contributed by atoms with E-state index in [0.717, 1.165) is 36.8 Å². The fourth-order valence-electron chi connectivity index (χ4n) is 4.23. The van der Waals surface area contributed by atoms with Gasteiger partial charge in [-0.3, -0.25) is 14.7 Å². The van der Waals surface area contributed by atoms with Crippen LogP contribution >= 0.6 is 11.8 Å². The first-order chi connectivity index (χ1) is 13.6. The molecular formula is C23H29N3OS. The maximum atomic E-state index is 13.4. The standard InChI is InChI=1S/C23H29N3OS/c1-5-17(13-14-24-3)16(2)21-22(28-4)23(27)26(15-25-21)20-12-8-10-18-9-6-7-11-19(18)20/h5-7,9,11,15,20-22H,1,3,8,10,12-14H2,2,4H3/b17-16+. The number of thioether (sulfide) groups is 1. The van der Waals surface area contributed by atoms with Crippen molar-refractivity contribution in [3.8, 4) is 0 Å². The lowest BCUT2D eigenvalue weighted by molar-refractivity contribution is -0.129. The Morgan fingerprint density at radius 1 is 1.43 bits per heavy atom. The summed E-state index contributed by atoms with van der Waals surface area (Å²) in [4.78, 5) is 24.1. The van der Waals surface area contributed by atoms with E-state index in [1.807, 2.05) is 17.2 Å². The molecule has 0 aromatic heterocycles. The number of amides is 1. The summed E-state index contributed by atoms with van der Waals surface area (Å²) in [6.07, 6.45) is 9.58. The van der Waals surface area contributed by atoms with Crippen molar-refractivity contribution in [2.75, 3.05) is 12.8 Å². The fourth-order valence-corrected chi connectivity index (χ4v) is 5.09. The van der Waals surface area contributed by atoms with E-state index < -0.39 is 0 Å². The Hall–Kier alpha value is -2.14. The average Bonchev–Trinajstić information content (AvgIpc) is 2.73. The van der Waals surface area contributed by atoms with Gasteiger partial charge in [0.15, 0.2) is 0 Å². The predicted molar refractivity (Wildman–Crippen MR) is 120 cm³/mol. The van der Waals surface area contributed by atoms with Crippen LogP contribution in [0.2, 0.25) is 0 Å². The number of allylic oxidation sites excluding steroid dienone is 1. The van der Waals surface area contributed by atoms with Crippen LogP contribution in [-0.4, -0.2) is 48.0 Å². The van der Waals surface area contributed by atoms with E-state index >= 15 is 0 Å². The van der Waals surface area contributed by atoms with Crippen molar-refractivity contribution in [1.29, 1.82) is 0 Å².